The molecule has 3 heteroatoms. The van der Waals surface area contributed by atoms with E-state index in [4.69, 9.17) is 11.2 Å². The van der Waals surface area contributed by atoms with Crippen LogP contribution in [0.3, 0.4) is 0 Å². The molecule has 0 saturated heterocycles. The summed E-state index contributed by atoms with van der Waals surface area (Å²) in [7, 11) is 1.40. The molecule has 1 aliphatic carbocycles. The molecule has 1 fully saturated rings. The molecule has 1 aromatic carbocycles. The third kappa shape index (κ3) is 4.34. The summed E-state index contributed by atoms with van der Waals surface area (Å²) < 4.78 is 4.72. The van der Waals surface area contributed by atoms with Crippen LogP contribution in [-0.2, 0) is 11.3 Å². The van der Waals surface area contributed by atoms with Crippen molar-refractivity contribution in [3.8, 4) is 12.3 Å². The highest BCUT2D eigenvalue weighted by Gasteiger charge is 2.20. The van der Waals surface area contributed by atoms with E-state index in [1.165, 1.54) is 44.8 Å². The highest BCUT2D eigenvalue weighted by molar-refractivity contribution is 5.89. The zero-order valence-electron chi connectivity index (χ0n) is 12.7. The molecular formula is C18H23NO2. The van der Waals surface area contributed by atoms with Gasteiger partial charge in [0.15, 0.2) is 0 Å². The molecule has 0 radical (unpaired) electrons. The molecule has 0 atom stereocenters. The van der Waals surface area contributed by atoms with E-state index < -0.39 is 0 Å². The molecule has 0 amide bonds. The second-order valence-electron chi connectivity index (χ2n) is 5.59. The zero-order valence-corrected chi connectivity index (χ0v) is 12.7. The first-order chi connectivity index (χ1) is 10.2. The van der Waals surface area contributed by atoms with Crippen molar-refractivity contribution in [1.29, 1.82) is 0 Å². The Morgan fingerprint density at radius 3 is 2.52 bits per heavy atom. The van der Waals surface area contributed by atoms with E-state index in [1.807, 2.05) is 24.3 Å². The molecule has 1 saturated carbocycles. The van der Waals surface area contributed by atoms with Gasteiger partial charge in [-0.3, -0.25) is 4.90 Å². The number of rotatable bonds is 5. The Morgan fingerprint density at radius 2 is 1.95 bits per heavy atom. The normalized spacial score (nSPS) is 15.7. The second kappa shape index (κ2) is 7.85. The molecule has 0 aromatic heterocycles. The second-order valence-corrected chi connectivity index (χ2v) is 5.59. The average Bonchev–Trinajstić information content (AvgIpc) is 2.55. The number of benzene rings is 1. The van der Waals surface area contributed by atoms with Crippen molar-refractivity contribution >= 4 is 5.97 Å². The van der Waals surface area contributed by atoms with Crippen LogP contribution in [0.5, 0.6) is 0 Å². The fraction of sp³-hybridized carbons (Fsp3) is 0.500. The zero-order chi connectivity index (χ0) is 15.1. The van der Waals surface area contributed by atoms with Crippen LogP contribution in [0.4, 0.5) is 0 Å². The van der Waals surface area contributed by atoms with Crippen molar-refractivity contribution in [1.82, 2.24) is 4.90 Å². The van der Waals surface area contributed by atoms with Crippen molar-refractivity contribution in [2.24, 2.45) is 0 Å². The Bertz CT molecular complexity index is 495. The van der Waals surface area contributed by atoms with Gasteiger partial charge in [-0.05, 0) is 30.5 Å². The molecule has 112 valence electrons. The van der Waals surface area contributed by atoms with E-state index in [0.29, 0.717) is 18.2 Å². The molecule has 3 nitrogen and oxygen atoms in total. The van der Waals surface area contributed by atoms with Crippen molar-refractivity contribution in [3.63, 3.8) is 0 Å². The standard InChI is InChI=1S/C18H23NO2/c1-3-13-19(17-7-5-4-6-8-17)14-15-9-11-16(12-10-15)18(20)21-2/h1,9-12,17H,4-8,13-14H2,2H3. The summed E-state index contributed by atoms with van der Waals surface area (Å²) in [4.78, 5) is 13.8. The molecule has 21 heavy (non-hydrogen) atoms. The number of hydrogen-bond acceptors (Lipinski definition) is 3. The van der Waals surface area contributed by atoms with E-state index in [1.54, 1.807) is 0 Å². The summed E-state index contributed by atoms with van der Waals surface area (Å²) in [5, 5.41) is 0. The quantitative estimate of drug-likeness (QED) is 0.614. The van der Waals surface area contributed by atoms with Gasteiger partial charge in [-0.2, -0.15) is 0 Å². The first-order valence-corrected chi connectivity index (χ1v) is 7.59. The number of terminal acetylenes is 1. The van der Waals surface area contributed by atoms with Gasteiger partial charge < -0.3 is 4.74 Å². The highest BCUT2D eigenvalue weighted by Crippen LogP contribution is 2.24. The number of carbonyl (C=O) groups is 1. The van der Waals surface area contributed by atoms with Gasteiger partial charge in [0.25, 0.3) is 0 Å². The van der Waals surface area contributed by atoms with Gasteiger partial charge in [0.2, 0.25) is 0 Å². The van der Waals surface area contributed by atoms with Gasteiger partial charge in [0.1, 0.15) is 0 Å². The van der Waals surface area contributed by atoms with Gasteiger partial charge in [-0.15, -0.1) is 6.42 Å². The van der Waals surface area contributed by atoms with Crippen molar-refractivity contribution in [2.45, 2.75) is 44.7 Å². The molecule has 1 aliphatic rings. The van der Waals surface area contributed by atoms with E-state index >= 15 is 0 Å². The fourth-order valence-electron chi connectivity index (χ4n) is 2.98. The Labute approximate surface area is 127 Å². The topological polar surface area (TPSA) is 29.5 Å². The van der Waals surface area contributed by atoms with Gasteiger partial charge >= 0.3 is 5.97 Å². The molecule has 1 aromatic rings. The van der Waals surface area contributed by atoms with Crippen LogP contribution in [0.1, 0.15) is 48.0 Å². The lowest BCUT2D eigenvalue weighted by molar-refractivity contribution is 0.0600. The van der Waals surface area contributed by atoms with Crippen LogP contribution in [0.15, 0.2) is 24.3 Å². The predicted molar refractivity (Wildman–Crippen MR) is 83.9 cm³/mol. The van der Waals surface area contributed by atoms with Crippen LogP contribution in [0.25, 0.3) is 0 Å². The maximum Gasteiger partial charge on any atom is 0.337 e. The Hall–Kier alpha value is -1.79. The maximum absolute atomic E-state index is 11.4. The molecule has 2 rings (SSSR count). The summed E-state index contributed by atoms with van der Waals surface area (Å²) in [6.07, 6.45) is 11.9. The summed E-state index contributed by atoms with van der Waals surface area (Å²) in [6, 6.07) is 8.19. The Balaban J connectivity index is 2.02. The minimum absolute atomic E-state index is 0.297. The average molecular weight is 285 g/mol. The van der Waals surface area contributed by atoms with E-state index in [2.05, 4.69) is 10.8 Å². The van der Waals surface area contributed by atoms with E-state index in [-0.39, 0.29) is 5.97 Å². The van der Waals surface area contributed by atoms with Crippen LogP contribution < -0.4 is 0 Å². The van der Waals surface area contributed by atoms with Gasteiger partial charge in [0, 0.05) is 12.6 Å². The third-order valence-electron chi connectivity index (χ3n) is 4.15. The molecule has 0 aliphatic heterocycles. The number of nitrogens with zero attached hydrogens (tertiary/aromatic N) is 1. The number of methoxy groups -OCH3 is 1. The predicted octanol–water partition coefficient (Wildman–Crippen LogP) is 3.24. The van der Waals surface area contributed by atoms with Gasteiger partial charge in [-0.1, -0.05) is 37.3 Å². The lowest BCUT2D eigenvalue weighted by Crippen LogP contribution is -2.36. The number of hydrogen-bond donors (Lipinski definition) is 0. The fourth-order valence-corrected chi connectivity index (χ4v) is 2.98. The number of ether oxygens (including phenoxy) is 1. The lowest BCUT2D eigenvalue weighted by Gasteiger charge is -2.33. The summed E-state index contributed by atoms with van der Waals surface area (Å²) in [6.45, 7) is 1.53. The summed E-state index contributed by atoms with van der Waals surface area (Å²) in [5.74, 6) is 2.48. The SMILES string of the molecule is C#CCN(Cc1ccc(C(=O)OC)cc1)C1CCCCC1. The summed E-state index contributed by atoms with van der Waals surface area (Å²) in [5.41, 5.74) is 1.77. The van der Waals surface area contributed by atoms with Crippen LogP contribution >= 0.6 is 0 Å². The van der Waals surface area contributed by atoms with E-state index in [0.717, 1.165) is 6.54 Å². The molecule has 0 unspecified atom stereocenters. The van der Waals surface area contributed by atoms with E-state index in [9.17, 15) is 4.79 Å². The molecule has 0 spiro atoms. The molecule has 0 heterocycles. The highest BCUT2D eigenvalue weighted by atomic mass is 16.5. The number of esters is 1. The van der Waals surface area contributed by atoms with Gasteiger partial charge in [0.05, 0.1) is 19.2 Å². The molecule has 0 N–H and O–H groups in total. The minimum Gasteiger partial charge on any atom is -0.465 e. The van der Waals surface area contributed by atoms with Crippen LogP contribution in [-0.4, -0.2) is 30.6 Å². The van der Waals surface area contributed by atoms with Crippen LogP contribution in [0, 0.1) is 12.3 Å². The van der Waals surface area contributed by atoms with Crippen molar-refractivity contribution in [2.75, 3.05) is 13.7 Å². The summed E-state index contributed by atoms with van der Waals surface area (Å²) >= 11 is 0. The largest absolute Gasteiger partial charge is 0.465 e. The number of carbonyl (C=O) groups excluding carboxylic acids is 1. The molecule has 0 bridgehead atoms. The first-order valence-electron chi connectivity index (χ1n) is 7.59. The minimum atomic E-state index is -0.297. The Morgan fingerprint density at radius 1 is 1.29 bits per heavy atom. The molecular weight excluding hydrogens is 262 g/mol. The Kier molecular flexibility index (Phi) is 5.83. The van der Waals surface area contributed by atoms with Crippen molar-refractivity contribution in [3.05, 3.63) is 35.4 Å². The van der Waals surface area contributed by atoms with Crippen LogP contribution in [0.2, 0.25) is 0 Å². The van der Waals surface area contributed by atoms with Crippen molar-refractivity contribution < 1.29 is 9.53 Å². The lowest BCUT2D eigenvalue weighted by atomic mass is 9.94. The van der Waals surface area contributed by atoms with Gasteiger partial charge in [-0.25, -0.2) is 4.79 Å². The maximum atomic E-state index is 11.4. The third-order valence-corrected chi connectivity index (χ3v) is 4.15. The first kappa shape index (κ1) is 15.6. The monoisotopic (exact) mass is 285 g/mol. The smallest absolute Gasteiger partial charge is 0.337 e.